The number of benzene rings is 2. The molecule has 2 aromatic heterocycles. The summed E-state index contributed by atoms with van der Waals surface area (Å²) in [4.78, 5) is 15.0. The number of thiophene rings is 1. The fraction of sp³-hybridized carbons (Fsp3) is 0.379. The van der Waals surface area contributed by atoms with Gasteiger partial charge in [-0.15, -0.1) is 11.3 Å². The quantitative estimate of drug-likeness (QED) is 0.209. The molecule has 198 valence electrons. The van der Waals surface area contributed by atoms with Crippen LogP contribution in [0.2, 0.25) is 10.0 Å². The van der Waals surface area contributed by atoms with Gasteiger partial charge >= 0.3 is 5.97 Å². The monoisotopic (exact) mass is 570 g/mol. The van der Waals surface area contributed by atoms with Gasteiger partial charge in [0.2, 0.25) is 0 Å². The Morgan fingerprint density at radius 1 is 1.11 bits per heavy atom. The molecule has 2 fully saturated rings. The Hall–Kier alpha value is -2.58. The second-order valence-corrected chi connectivity index (χ2v) is 11.8. The number of carbonyl (C=O) groups excluding carboxylic acids is 1. The number of nitrogens with zero attached hydrogens (tertiary/aromatic N) is 2. The number of fused-ring (bicyclic) bond motifs is 1. The number of aromatic nitrogens is 1. The highest BCUT2D eigenvalue weighted by molar-refractivity contribution is 7.20. The molecule has 4 aromatic rings. The maximum absolute atomic E-state index is 11.9. The minimum Gasteiger partial charge on any atom is -0.465 e. The third-order valence-corrected chi connectivity index (χ3v) is 9.08. The molecule has 0 bridgehead atoms. The second-order valence-electron chi connectivity index (χ2n) is 9.92. The summed E-state index contributed by atoms with van der Waals surface area (Å²) in [6.07, 6.45) is 5.27. The van der Waals surface area contributed by atoms with E-state index in [9.17, 15) is 4.79 Å². The summed E-state index contributed by atoms with van der Waals surface area (Å²) < 4.78 is 18.3. The van der Waals surface area contributed by atoms with Crippen LogP contribution in [0.25, 0.3) is 21.3 Å². The first-order chi connectivity index (χ1) is 18.5. The number of rotatable bonds is 7. The lowest BCUT2D eigenvalue weighted by molar-refractivity contribution is 0.0328. The maximum Gasteiger partial charge on any atom is 0.348 e. The smallest absolute Gasteiger partial charge is 0.348 e. The van der Waals surface area contributed by atoms with E-state index in [1.54, 1.807) is 0 Å². The lowest BCUT2D eigenvalue weighted by Gasteiger charge is -2.23. The first kappa shape index (κ1) is 25.7. The highest BCUT2D eigenvalue weighted by atomic mass is 35.5. The Kier molecular flexibility index (Phi) is 7.36. The van der Waals surface area contributed by atoms with Crippen LogP contribution in [-0.4, -0.2) is 37.4 Å². The Labute approximate surface area is 235 Å². The van der Waals surface area contributed by atoms with Crippen molar-refractivity contribution in [1.82, 2.24) is 5.16 Å². The topological polar surface area (TPSA) is 64.8 Å². The fourth-order valence-corrected chi connectivity index (χ4v) is 6.71. The van der Waals surface area contributed by atoms with Crippen LogP contribution in [0.3, 0.4) is 0 Å². The maximum atomic E-state index is 11.9. The number of hydrogen-bond acceptors (Lipinski definition) is 7. The number of methoxy groups -OCH3 is 1. The molecule has 38 heavy (non-hydrogen) atoms. The van der Waals surface area contributed by atoms with Crippen molar-refractivity contribution >= 4 is 56.3 Å². The Morgan fingerprint density at radius 3 is 2.68 bits per heavy atom. The van der Waals surface area contributed by atoms with Crippen molar-refractivity contribution in [3.63, 3.8) is 0 Å². The van der Waals surface area contributed by atoms with Crippen LogP contribution in [0, 0.1) is 0 Å². The van der Waals surface area contributed by atoms with E-state index in [1.165, 1.54) is 18.4 Å². The van der Waals surface area contributed by atoms with Gasteiger partial charge in [-0.3, -0.25) is 0 Å². The van der Waals surface area contributed by atoms with Gasteiger partial charge < -0.3 is 18.9 Å². The molecule has 3 heterocycles. The molecule has 1 unspecified atom stereocenters. The molecule has 0 N–H and O–H groups in total. The van der Waals surface area contributed by atoms with Crippen LogP contribution < -0.4 is 4.90 Å². The van der Waals surface area contributed by atoms with Crippen LogP contribution >= 0.6 is 34.5 Å². The molecule has 0 radical (unpaired) electrons. The number of esters is 1. The molecular formula is C29H28Cl2N2O4S. The third-order valence-electron chi connectivity index (χ3n) is 7.36. The summed E-state index contributed by atoms with van der Waals surface area (Å²) >= 11 is 14.5. The van der Waals surface area contributed by atoms with E-state index in [0.717, 1.165) is 72.3 Å². The minimum absolute atomic E-state index is 0.132. The fourth-order valence-electron chi connectivity index (χ4n) is 5.17. The van der Waals surface area contributed by atoms with E-state index >= 15 is 0 Å². The highest BCUT2D eigenvalue weighted by Crippen LogP contribution is 2.46. The lowest BCUT2D eigenvalue weighted by atomic mass is 10.0. The third kappa shape index (κ3) is 5.17. The van der Waals surface area contributed by atoms with Gasteiger partial charge in [-0.2, -0.15) is 0 Å². The summed E-state index contributed by atoms with van der Waals surface area (Å²) in [6.45, 7) is 2.28. The van der Waals surface area contributed by atoms with Crippen molar-refractivity contribution in [3.05, 3.63) is 68.7 Å². The number of carbonyl (C=O) groups is 1. The van der Waals surface area contributed by atoms with Crippen molar-refractivity contribution in [3.8, 4) is 11.3 Å². The van der Waals surface area contributed by atoms with E-state index in [1.807, 2.05) is 24.3 Å². The Balaban J connectivity index is 1.15. The summed E-state index contributed by atoms with van der Waals surface area (Å²) in [5.41, 5.74) is 3.52. The zero-order valence-electron chi connectivity index (χ0n) is 21.0. The lowest BCUT2D eigenvalue weighted by Crippen LogP contribution is -2.24. The van der Waals surface area contributed by atoms with Gasteiger partial charge in [0.05, 0.1) is 29.9 Å². The zero-order valence-corrected chi connectivity index (χ0v) is 23.4. The van der Waals surface area contributed by atoms with Crippen LogP contribution in [0.4, 0.5) is 5.69 Å². The Bertz CT molecular complexity index is 1460. The van der Waals surface area contributed by atoms with E-state index in [4.69, 9.17) is 37.2 Å². The van der Waals surface area contributed by atoms with E-state index in [0.29, 0.717) is 38.7 Å². The second kappa shape index (κ2) is 10.9. The van der Waals surface area contributed by atoms with Crippen LogP contribution in [0.15, 0.2) is 47.0 Å². The molecule has 1 saturated carbocycles. The standard InChI is InChI=1S/C29H28Cl2N2O4S/c1-35-29(34)25-15-18-14-19(9-10-24(18)38-25)33-12-3-4-20(11-13-33)36-16-21-27(32-37-28(21)17-7-8-17)26-22(30)5-2-6-23(26)31/h2,5-6,9-10,14-15,17,20H,3-4,7-8,11-13,16H2,1H3. The minimum atomic E-state index is -0.292. The van der Waals surface area contributed by atoms with E-state index < -0.39 is 0 Å². The number of anilines is 1. The van der Waals surface area contributed by atoms with Crippen molar-refractivity contribution in [2.75, 3.05) is 25.1 Å². The molecule has 1 atom stereocenters. The van der Waals surface area contributed by atoms with Crippen molar-refractivity contribution in [2.45, 2.75) is 50.7 Å². The SMILES string of the molecule is COC(=O)c1cc2cc(N3CCCC(OCc4c(-c5c(Cl)cccc5Cl)noc4C4CC4)CC3)ccc2s1. The molecule has 2 aliphatic rings. The highest BCUT2D eigenvalue weighted by Gasteiger charge is 2.34. The average molecular weight is 572 g/mol. The largest absolute Gasteiger partial charge is 0.465 e. The van der Waals surface area contributed by atoms with Crippen molar-refractivity contribution < 1.29 is 18.8 Å². The first-order valence-electron chi connectivity index (χ1n) is 12.9. The van der Waals surface area contributed by atoms with Gasteiger partial charge in [-0.25, -0.2) is 4.79 Å². The molecule has 6 nitrogen and oxygen atoms in total. The van der Waals surface area contributed by atoms with Crippen molar-refractivity contribution in [1.29, 1.82) is 0 Å². The zero-order chi connectivity index (χ0) is 26.2. The summed E-state index contributed by atoms with van der Waals surface area (Å²) in [7, 11) is 1.41. The predicted molar refractivity (Wildman–Crippen MR) is 152 cm³/mol. The van der Waals surface area contributed by atoms with Gasteiger partial charge in [-0.05, 0) is 73.9 Å². The average Bonchev–Trinajstić information content (AvgIpc) is 3.61. The number of halogens is 2. The summed E-state index contributed by atoms with van der Waals surface area (Å²) in [5.74, 6) is 1.01. The predicted octanol–water partition coefficient (Wildman–Crippen LogP) is 8.10. The molecule has 9 heteroatoms. The number of hydrogen-bond donors (Lipinski definition) is 0. The van der Waals surface area contributed by atoms with Gasteiger partial charge in [0, 0.05) is 40.5 Å². The molecule has 1 aliphatic heterocycles. The van der Waals surface area contributed by atoms with E-state index in [-0.39, 0.29) is 12.1 Å². The van der Waals surface area contributed by atoms with Gasteiger partial charge in [0.15, 0.2) is 0 Å². The summed E-state index contributed by atoms with van der Waals surface area (Å²) in [6, 6.07) is 13.8. The van der Waals surface area contributed by atoms with Crippen molar-refractivity contribution in [2.24, 2.45) is 0 Å². The van der Waals surface area contributed by atoms with Crippen LogP contribution in [0.1, 0.15) is 59.0 Å². The summed E-state index contributed by atoms with van der Waals surface area (Å²) in [5, 5.41) is 6.56. The molecule has 6 rings (SSSR count). The molecule has 1 saturated heterocycles. The van der Waals surface area contributed by atoms with Gasteiger partial charge in [0.1, 0.15) is 16.3 Å². The van der Waals surface area contributed by atoms with E-state index in [2.05, 4.69) is 28.3 Å². The first-order valence-corrected chi connectivity index (χ1v) is 14.5. The van der Waals surface area contributed by atoms with Gasteiger partial charge in [0.25, 0.3) is 0 Å². The molecule has 0 amide bonds. The van der Waals surface area contributed by atoms with Crippen LogP contribution in [0.5, 0.6) is 0 Å². The Morgan fingerprint density at radius 2 is 1.92 bits per heavy atom. The molecular weight excluding hydrogens is 543 g/mol. The van der Waals surface area contributed by atoms with Crippen LogP contribution in [-0.2, 0) is 16.1 Å². The molecule has 0 spiro atoms. The normalized spacial score (nSPS) is 18.1. The molecule has 1 aliphatic carbocycles. The molecule has 2 aromatic carbocycles. The number of ether oxygens (including phenoxy) is 2. The van der Waals surface area contributed by atoms with Gasteiger partial charge in [-0.1, -0.05) is 34.4 Å².